The summed E-state index contributed by atoms with van der Waals surface area (Å²) < 4.78 is 18.5. The van der Waals surface area contributed by atoms with Crippen LogP contribution < -0.4 is 0 Å². The number of hydrogen-bond acceptors (Lipinski definition) is 1. The predicted molar refractivity (Wildman–Crippen MR) is 49.2 cm³/mol. The number of rotatable bonds is 1. The van der Waals surface area contributed by atoms with Gasteiger partial charge in [0.05, 0.1) is 6.10 Å². The molecule has 2 heteroatoms. The zero-order valence-electron chi connectivity index (χ0n) is 7.93. The van der Waals surface area contributed by atoms with Gasteiger partial charge in [0.15, 0.2) is 0 Å². The monoisotopic (exact) mass is 180 g/mol. The van der Waals surface area contributed by atoms with Gasteiger partial charge in [0.1, 0.15) is 5.82 Å². The molecule has 0 N–H and O–H groups in total. The molecular formula is C11H13FO. The topological polar surface area (TPSA) is 9.23 Å². The summed E-state index contributed by atoms with van der Waals surface area (Å²) in [5.74, 6) is -0.122. The Morgan fingerprint density at radius 3 is 2.92 bits per heavy atom. The maximum Gasteiger partial charge on any atom is 0.126 e. The SMILES string of the molecule is CO[C@@H]1CCc2cc(C)c(F)cc21. The molecule has 0 saturated carbocycles. The van der Waals surface area contributed by atoms with Crippen LogP contribution in [-0.2, 0) is 11.2 Å². The Hall–Kier alpha value is -0.890. The molecule has 0 unspecified atom stereocenters. The van der Waals surface area contributed by atoms with Crippen molar-refractivity contribution in [3.05, 3.63) is 34.6 Å². The lowest BCUT2D eigenvalue weighted by atomic mass is 10.1. The normalized spacial score (nSPS) is 20.4. The van der Waals surface area contributed by atoms with Crippen molar-refractivity contribution >= 4 is 0 Å². The quantitative estimate of drug-likeness (QED) is 0.645. The van der Waals surface area contributed by atoms with Gasteiger partial charge in [0.25, 0.3) is 0 Å². The Labute approximate surface area is 77.5 Å². The number of aryl methyl sites for hydroxylation is 2. The highest BCUT2D eigenvalue weighted by Crippen LogP contribution is 2.34. The van der Waals surface area contributed by atoms with Crippen LogP contribution in [0.3, 0.4) is 0 Å². The molecule has 1 aromatic carbocycles. The molecule has 1 atom stereocenters. The maximum absolute atomic E-state index is 13.2. The number of ether oxygens (including phenoxy) is 1. The van der Waals surface area contributed by atoms with Gasteiger partial charge in [0.2, 0.25) is 0 Å². The first-order chi connectivity index (χ1) is 6.22. The molecule has 0 saturated heterocycles. The summed E-state index contributed by atoms with van der Waals surface area (Å²) in [5.41, 5.74) is 3.01. The zero-order chi connectivity index (χ0) is 9.42. The Bertz CT molecular complexity index is 333. The third-order valence-corrected chi connectivity index (χ3v) is 2.73. The summed E-state index contributed by atoms with van der Waals surface area (Å²) >= 11 is 0. The van der Waals surface area contributed by atoms with E-state index in [1.807, 2.05) is 6.07 Å². The van der Waals surface area contributed by atoms with E-state index < -0.39 is 0 Å². The highest BCUT2D eigenvalue weighted by Gasteiger charge is 2.23. The van der Waals surface area contributed by atoms with Gasteiger partial charge < -0.3 is 4.74 Å². The van der Waals surface area contributed by atoms with Crippen molar-refractivity contribution in [2.45, 2.75) is 25.9 Å². The molecular weight excluding hydrogens is 167 g/mol. The summed E-state index contributed by atoms with van der Waals surface area (Å²) in [6.45, 7) is 1.80. The van der Waals surface area contributed by atoms with Crippen molar-refractivity contribution in [3.8, 4) is 0 Å². The van der Waals surface area contributed by atoms with Crippen molar-refractivity contribution < 1.29 is 9.13 Å². The Morgan fingerprint density at radius 1 is 1.46 bits per heavy atom. The molecule has 1 aliphatic rings. The smallest absolute Gasteiger partial charge is 0.126 e. The van der Waals surface area contributed by atoms with Crippen LogP contribution in [0.1, 0.15) is 29.2 Å². The van der Waals surface area contributed by atoms with E-state index in [-0.39, 0.29) is 11.9 Å². The minimum absolute atomic E-state index is 0.102. The number of halogens is 1. The Balaban J connectivity index is 2.47. The van der Waals surface area contributed by atoms with E-state index >= 15 is 0 Å². The highest BCUT2D eigenvalue weighted by atomic mass is 19.1. The first-order valence-corrected chi connectivity index (χ1v) is 4.54. The second-order valence-corrected chi connectivity index (χ2v) is 3.56. The fraction of sp³-hybridized carbons (Fsp3) is 0.455. The zero-order valence-corrected chi connectivity index (χ0v) is 7.93. The second-order valence-electron chi connectivity index (χ2n) is 3.56. The third-order valence-electron chi connectivity index (χ3n) is 2.73. The molecule has 70 valence electrons. The molecule has 1 aliphatic carbocycles. The lowest BCUT2D eigenvalue weighted by Crippen LogP contribution is -1.97. The van der Waals surface area contributed by atoms with Gasteiger partial charge in [-0.05, 0) is 42.5 Å². The number of fused-ring (bicyclic) bond motifs is 1. The Kier molecular flexibility index (Phi) is 2.08. The van der Waals surface area contributed by atoms with Crippen molar-refractivity contribution in [3.63, 3.8) is 0 Å². The average Bonchev–Trinajstić information content (AvgIpc) is 2.48. The summed E-state index contributed by atoms with van der Waals surface area (Å²) in [5, 5.41) is 0. The van der Waals surface area contributed by atoms with Gasteiger partial charge >= 0.3 is 0 Å². The number of hydrogen-bond donors (Lipinski definition) is 0. The van der Waals surface area contributed by atoms with Crippen LogP contribution in [-0.4, -0.2) is 7.11 Å². The minimum Gasteiger partial charge on any atom is -0.377 e. The third kappa shape index (κ3) is 1.35. The fourth-order valence-corrected chi connectivity index (χ4v) is 1.96. The molecule has 2 rings (SSSR count). The molecule has 13 heavy (non-hydrogen) atoms. The van der Waals surface area contributed by atoms with Crippen LogP contribution in [0.2, 0.25) is 0 Å². The van der Waals surface area contributed by atoms with Crippen LogP contribution >= 0.6 is 0 Å². The summed E-state index contributed by atoms with van der Waals surface area (Å²) in [6.07, 6.45) is 2.09. The lowest BCUT2D eigenvalue weighted by molar-refractivity contribution is 0.105. The molecule has 0 amide bonds. The van der Waals surface area contributed by atoms with Crippen molar-refractivity contribution in [1.29, 1.82) is 0 Å². The van der Waals surface area contributed by atoms with Gasteiger partial charge in [-0.3, -0.25) is 0 Å². The predicted octanol–water partition coefficient (Wildman–Crippen LogP) is 2.77. The summed E-state index contributed by atoms with van der Waals surface area (Å²) in [6, 6.07) is 3.55. The molecule has 0 bridgehead atoms. The van der Waals surface area contributed by atoms with Crippen LogP contribution in [0.15, 0.2) is 12.1 Å². The van der Waals surface area contributed by atoms with Crippen molar-refractivity contribution in [1.82, 2.24) is 0 Å². The summed E-state index contributed by atoms with van der Waals surface area (Å²) in [4.78, 5) is 0. The van der Waals surface area contributed by atoms with Crippen LogP contribution in [0.25, 0.3) is 0 Å². The van der Waals surface area contributed by atoms with Crippen LogP contribution in [0, 0.1) is 12.7 Å². The van der Waals surface area contributed by atoms with Gasteiger partial charge in [0, 0.05) is 7.11 Å². The van der Waals surface area contributed by atoms with Gasteiger partial charge in [-0.2, -0.15) is 0 Å². The van der Waals surface area contributed by atoms with E-state index in [1.54, 1.807) is 20.1 Å². The Morgan fingerprint density at radius 2 is 2.23 bits per heavy atom. The molecule has 1 aromatic rings. The van der Waals surface area contributed by atoms with Gasteiger partial charge in [-0.25, -0.2) is 4.39 Å². The molecule has 0 radical (unpaired) electrons. The molecule has 0 heterocycles. The van der Waals surface area contributed by atoms with E-state index in [9.17, 15) is 4.39 Å². The van der Waals surface area contributed by atoms with E-state index in [2.05, 4.69) is 0 Å². The van der Waals surface area contributed by atoms with Crippen LogP contribution in [0.5, 0.6) is 0 Å². The molecule has 0 aliphatic heterocycles. The van der Waals surface area contributed by atoms with Crippen LogP contribution in [0.4, 0.5) is 4.39 Å². The van der Waals surface area contributed by atoms with Gasteiger partial charge in [-0.1, -0.05) is 6.07 Å². The fourth-order valence-electron chi connectivity index (χ4n) is 1.96. The maximum atomic E-state index is 13.2. The average molecular weight is 180 g/mol. The highest BCUT2D eigenvalue weighted by molar-refractivity contribution is 5.37. The molecule has 0 aromatic heterocycles. The molecule has 0 spiro atoms. The minimum atomic E-state index is -0.122. The first kappa shape index (κ1) is 8.70. The van der Waals surface area contributed by atoms with Crippen molar-refractivity contribution in [2.24, 2.45) is 0 Å². The second kappa shape index (κ2) is 3.11. The number of methoxy groups -OCH3 is 1. The van der Waals surface area contributed by atoms with E-state index in [1.165, 1.54) is 5.56 Å². The largest absolute Gasteiger partial charge is 0.377 e. The van der Waals surface area contributed by atoms with E-state index in [0.717, 1.165) is 24.0 Å². The number of benzene rings is 1. The van der Waals surface area contributed by atoms with Gasteiger partial charge in [-0.15, -0.1) is 0 Å². The first-order valence-electron chi connectivity index (χ1n) is 4.54. The summed E-state index contributed by atoms with van der Waals surface area (Å²) in [7, 11) is 1.68. The van der Waals surface area contributed by atoms with E-state index in [0.29, 0.717) is 0 Å². The van der Waals surface area contributed by atoms with Crippen molar-refractivity contribution in [2.75, 3.05) is 7.11 Å². The molecule has 0 fully saturated rings. The molecule has 1 nitrogen and oxygen atoms in total. The van der Waals surface area contributed by atoms with E-state index in [4.69, 9.17) is 4.74 Å². The standard InChI is InChI=1S/C11H13FO/c1-7-5-8-3-4-11(13-2)9(8)6-10(7)12/h5-6,11H,3-4H2,1-2H3/t11-/m1/s1. The lowest BCUT2D eigenvalue weighted by Gasteiger charge is -2.09.